The van der Waals surface area contributed by atoms with Gasteiger partial charge in [-0.3, -0.25) is 0 Å². The molecule has 5 nitrogen and oxygen atoms in total. The Bertz CT molecular complexity index is 709. The van der Waals surface area contributed by atoms with Gasteiger partial charge in [-0.25, -0.2) is 4.98 Å². The fourth-order valence-corrected chi connectivity index (χ4v) is 4.00. The van der Waals surface area contributed by atoms with E-state index in [1.807, 2.05) is 18.3 Å². The number of benzene rings is 1. The minimum absolute atomic E-state index is 0.377. The Morgan fingerprint density at radius 3 is 2.80 bits per heavy atom. The standard InChI is InChI=1S/C20H28N4O/c1-23-13-11-21-20(23)19(15-9-10-15)22-16-6-5-12-24(14-16)17-7-3-4-8-18(17)25-2/h3-4,7-8,11,13,15-16,19,22H,5-6,9-10,12,14H2,1-2H3. The van der Waals surface area contributed by atoms with Gasteiger partial charge in [0.2, 0.25) is 0 Å². The Morgan fingerprint density at radius 2 is 2.08 bits per heavy atom. The third-order valence-electron chi connectivity index (χ3n) is 5.49. The maximum absolute atomic E-state index is 5.56. The summed E-state index contributed by atoms with van der Waals surface area (Å²) in [5, 5.41) is 3.93. The molecular formula is C20H28N4O. The van der Waals surface area contributed by atoms with E-state index < -0.39 is 0 Å². The highest BCUT2D eigenvalue weighted by Gasteiger charge is 2.36. The Balaban J connectivity index is 1.48. The van der Waals surface area contributed by atoms with Gasteiger partial charge in [0.15, 0.2) is 0 Å². The van der Waals surface area contributed by atoms with Crippen LogP contribution in [0, 0.1) is 5.92 Å². The topological polar surface area (TPSA) is 42.3 Å². The lowest BCUT2D eigenvalue weighted by Crippen LogP contribution is -2.47. The van der Waals surface area contributed by atoms with Gasteiger partial charge in [0.05, 0.1) is 18.8 Å². The van der Waals surface area contributed by atoms with Gasteiger partial charge < -0.3 is 19.5 Å². The first-order valence-electron chi connectivity index (χ1n) is 9.37. The van der Waals surface area contributed by atoms with Crippen molar-refractivity contribution in [3.05, 3.63) is 42.5 Å². The number of ether oxygens (including phenoxy) is 1. The molecule has 2 aromatic rings. The summed E-state index contributed by atoms with van der Waals surface area (Å²) in [4.78, 5) is 7.07. The highest BCUT2D eigenvalue weighted by Crippen LogP contribution is 2.41. The van der Waals surface area contributed by atoms with E-state index >= 15 is 0 Å². The van der Waals surface area contributed by atoms with Crippen LogP contribution in [0.2, 0.25) is 0 Å². The Morgan fingerprint density at radius 1 is 1.24 bits per heavy atom. The van der Waals surface area contributed by atoms with Crippen molar-refractivity contribution in [1.82, 2.24) is 14.9 Å². The van der Waals surface area contributed by atoms with Crippen LogP contribution in [0.4, 0.5) is 5.69 Å². The zero-order valence-electron chi connectivity index (χ0n) is 15.2. The van der Waals surface area contributed by atoms with Crippen LogP contribution < -0.4 is 15.0 Å². The van der Waals surface area contributed by atoms with Crippen molar-refractivity contribution in [3.8, 4) is 5.75 Å². The predicted molar refractivity (Wildman–Crippen MR) is 100 cm³/mol. The quantitative estimate of drug-likeness (QED) is 0.877. The molecule has 1 saturated heterocycles. The molecule has 4 rings (SSSR count). The molecule has 0 amide bonds. The lowest BCUT2D eigenvalue weighted by molar-refractivity contribution is 0.341. The average Bonchev–Trinajstić information content (AvgIpc) is 3.41. The summed E-state index contributed by atoms with van der Waals surface area (Å²) >= 11 is 0. The van der Waals surface area contributed by atoms with E-state index in [1.54, 1.807) is 7.11 Å². The number of imidazole rings is 1. The van der Waals surface area contributed by atoms with Gasteiger partial charge in [-0.1, -0.05) is 12.1 Å². The smallest absolute Gasteiger partial charge is 0.142 e. The van der Waals surface area contributed by atoms with Crippen LogP contribution in [-0.2, 0) is 7.05 Å². The lowest BCUT2D eigenvalue weighted by Gasteiger charge is -2.37. The maximum atomic E-state index is 5.56. The summed E-state index contributed by atoms with van der Waals surface area (Å²) in [6.45, 7) is 2.11. The largest absolute Gasteiger partial charge is 0.495 e. The number of piperidine rings is 1. The third kappa shape index (κ3) is 3.52. The van der Waals surface area contributed by atoms with Crippen LogP contribution in [0.5, 0.6) is 5.75 Å². The van der Waals surface area contributed by atoms with Gasteiger partial charge in [0.1, 0.15) is 11.6 Å². The number of anilines is 1. The minimum atomic E-state index is 0.377. The molecule has 2 heterocycles. The van der Waals surface area contributed by atoms with Crippen molar-refractivity contribution in [2.45, 2.75) is 37.8 Å². The number of aryl methyl sites for hydroxylation is 1. The Kier molecular flexibility index (Phi) is 4.66. The van der Waals surface area contributed by atoms with Crippen molar-refractivity contribution >= 4 is 5.69 Å². The summed E-state index contributed by atoms with van der Waals surface area (Å²) < 4.78 is 7.73. The fraction of sp³-hybridized carbons (Fsp3) is 0.550. The Hall–Kier alpha value is -2.01. The molecule has 0 bridgehead atoms. The molecule has 1 aliphatic carbocycles. The van der Waals surface area contributed by atoms with Crippen molar-refractivity contribution in [3.63, 3.8) is 0 Å². The average molecular weight is 340 g/mol. The highest BCUT2D eigenvalue weighted by atomic mass is 16.5. The molecule has 2 fully saturated rings. The van der Waals surface area contributed by atoms with E-state index in [1.165, 1.54) is 37.2 Å². The number of rotatable bonds is 6. The number of para-hydroxylation sites is 2. The molecule has 1 aromatic heterocycles. The first-order chi connectivity index (χ1) is 12.3. The summed E-state index contributed by atoms with van der Waals surface area (Å²) in [5.41, 5.74) is 1.21. The van der Waals surface area contributed by atoms with Gasteiger partial charge >= 0.3 is 0 Å². The number of hydrogen-bond donors (Lipinski definition) is 1. The molecular weight excluding hydrogens is 312 g/mol. The van der Waals surface area contributed by atoms with Crippen LogP contribution >= 0.6 is 0 Å². The lowest BCUT2D eigenvalue weighted by atomic mass is 10.0. The van der Waals surface area contributed by atoms with E-state index in [-0.39, 0.29) is 0 Å². The van der Waals surface area contributed by atoms with Crippen molar-refractivity contribution in [1.29, 1.82) is 0 Å². The summed E-state index contributed by atoms with van der Waals surface area (Å²) in [7, 11) is 3.85. The van der Waals surface area contributed by atoms with Crippen LogP contribution in [-0.4, -0.2) is 35.8 Å². The summed E-state index contributed by atoms with van der Waals surface area (Å²) in [6, 6.07) is 9.21. The fourth-order valence-electron chi connectivity index (χ4n) is 4.00. The van der Waals surface area contributed by atoms with E-state index in [0.717, 1.165) is 24.8 Å². The molecule has 1 aliphatic heterocycles. The molecule has 134 valence electrons. The molecule has 2 aliphatic rings. The molecule has 1 aromatic carbocycles. The zero-order valence-corrected chi connectivity index (χ0v) is 15.2. The number of methoxy groups -OCH3 is 1. The van der Waals surface area contributed by atoms with E-state index in [9.17, 15) is 0 Å². The van der Waals surface area contributed by atoms with Gasteiger partial charge in [-0.15, -0.1) is 0 Å². The molecule has 1 saturated carbocycles. The monoisotopic (exact) mass is 340 g/mol. The maximum Gasteiger partial charge on any atom is 0.142 e. The Labute approximate surface area is 150 Å². The molecule has 25 heavy (non-hydrogen) atoms. The molecule has 2 atom stereocenters. The first kappa shape index (κ1) is 16.5. The van der Waals surface area contributed by atoms with Gasteiger partial charge in [-0.2, -0.15) is 0 Å². The second-order valence-electron chi connectivity index (χ2n) is 7.34. The van der Waals surface area contributed by atoms with Crippen molar-refractivity contribution in [2.24, 2.45) is 13.0 Å². The third-order valence-corrected chi connectivity index (χ3v) is 5.49. The predicted octanol–water partition coefficient (Wildman–Crippen LogP) is 3.14. The van der Waals surface area contributed by atoms with Crippen LogP contribution in [0.1, 0.15) is 37.5 Å². The van der Waals surface area contributed by atoms with Crippen molar-refractivity contribution in [2.75, 3.05) is 25.1 Å². The number of nitrogens with one attached hydrogen (secondary N) is 1. The molecule has 0 spiro atoms. The van der Waals surface area contributed by atoms with Crippen LogP contribution in [0.25, 0.3) is 0 Å². The van der Waals surface area contributed by atoms with Gasteiger partial charge in [0, 0.05) is 38.6 Å². The second-order valence-corrected chi connectivity index (χ2v) is 7.34. The summed E-state index contributed by atoms with van der Waals surface area (Å²) in [5.74, 6) is 2.88. The zero-order chi connectivity index (χ0) is 17.2. The number of hydrogen-bond acceptors (Lipinski definition) is 4. The van der Waals surface area contributed by atoms with Crippen LogP contribution in [0.3, 0.4) is 0 Å². The molecule has 2 unspecified atom stereocenters. The first-order valence-corrected chi connectivity index (χ1v) is 9.37. The van der Waals surface area contributed by atoms with Gasteiger partial charge in [0.25, 0.3) is 0 Å². The summed E-state index contributed by atoms with van der Waals surface area (Å²) in [6.07, 6.45) is 9.01. The SMILES string of the molecule is COc1ccccc1N1CCCC(NC(c2nccn2C)C2CC2)C1. The van der Waals surface area contributed by atoms with E-state index in [4.69, 9.17) is 4.74 Å². The van der Waals surface area contributed by atoms with E-state index in [2.05, 4.69) is 45.1 Å². The number of aromatic nitrogens is 2. The van der Waals surface area contributed by atoms with E-state index in [0.29, 0.717) is 12.1 Å². The molecule has 5 heteroatoms. The second kappa shape index (κ2) is 7.08. The number of nitrogens with zero attached hydrogens (tertiary/aromatic N) is 3. The highest BCUT2D eigenvalue weighted by molar-refractivity contribution is 5.58. The minimum Gasteiger partial charge on any atom is -0.495 e. The molecule has 1 N–H and O–H groups in total. The van der Waals surface area contributed by atoms with Crippen LogP contribution in [0.15, 0.2) is 36.7 Å². The molecule has 0 radical (unpaired) electrons. The van der Waals surface area contributed by atoms with Gasteiger partial charge in [-0.05, 0) is 43.7 Å². The normalized spacial score (nSPS) is 22.0. The van der Waals surface area contributed by atoms with Crippen molar-refractivity contribution < 1.29 is 4.74 Å².